The summed E-state index contributed by atoms with van der Waals surface area (Å²) in [6.45, 7) is 0. The van der Waals surface area contributed by atoms with Crippen LogP contribution in [0.1, 0.15) is 43.7 Å². The van der Waals surface area contributed by atoms with E-state index in [1.165, 1.54) is 43.2 Å². The molecule has 3 nitrogen and oxygen atoms in total. The summed E-state index contributed by atoms with van der Waals surface area (Å²) in [6.07, 6.45) is 10.3. The van der Waals surface area contributed by atoms with Gasteiger partial charge in [-0.2, -0.15) is 0 Å². The summed E-state index contributed by atoms with van der Waals surface area (Å²) in [5.41, 5.74) is 2.23. The van der Waals surface area contributed by atoms with Crippen molar-refractivity contribution in [2.45, 2.75) is 38.0 Å². The Labute approximate surface area is 88.9 Å². The van der Waals surface area contributed by atoms with Gasteiger partial charge in [0.1, 0.15) is 12.0 Å². The predicted octanol–water partition coefficient (Wildman–Crippen LogP) is 3.01. The van der Waals surface area contributed by atoms with Crippen LogP contribution in [0.25, 0.3) is 11.0 Å². The lowest BCUT2D eigenvalue weighted by atomic mass is 9.86. The quantitative estimate of drug-likeness (QED) is 0.770. The van der Waals surface area contributed by atoms with Crippen molar-refractivity contribution in [3.8, 4) is 0 Å². The first-order chi connectivity index (χ1) is 7.45. The fourth-order valence-corrected chi connectivity index (χ4v) is 2.59. The summed E-state index contributed by atoms with van der Waals surface area (Å²) < 4.78 is 0. The monoisotopic (exact) mass is 201 g/mol. The fraction of sp³-hybridized carbons (Fsp3) is 0.500. The minimum Gasteiger partial charge on any atom is -0.346 e. The number of nitrogens with one attached hydrogen (secondary N) is 1. The van der Waals surface area contributed by atoms with Gasteiger partial charge in [-0.25, -0.2) is 9.97 Å². The Morgan fingerprint density at radius 2 is 2.00 bits per heavy atom. The number of aromatic amines is 1. The van der Waals surface area contributed by atoms with Gasteiger partial charge in [-0.1, -0.05) is 19.3 Å². The molecule has 1 aliphatic carbocycles. The van der Waals surface area contributed by atoms with Crippen LogP contribution in [-0.2, 0) is 0 Å². The molecular weight excluding hydrogens is 186 g/mol. The smallest absolute Gasteiger partial charge is 0.140 e. The van der Waals surface area contributed by atoms with Crippen molar-refractivity contribution < 1.29 is 0 Å². The zero-order valence-electron chi connectivity index (χ0n) is 8.74. The highest BCUT2D eigenvalue weighted by molar-refractivity contribution is 5.78. The number of nitrogens with zero attached hydrogens (tertiary/aromatic N) is 2. The lowest BCUT2D eigenvalue weighted by Crippen LogP contribution is -2.07. The number of aromatic nitrogens is 3. The van der Waals surface area contributed by atoms with Crippen LogP contribution in [0.2, 0.25) is 0 Å². The SMILES string of the molecule is c1nc(C2CCCCC2)c2cc[nH]c2n1. The van der Waals surface area contributed by atoms with Gasteiger partial charge in [0, 0.05) is 17.5 Å². The Balaban J connectivity index is 2.05. The molecule has 2 heterocycles. The Bertz CT molecular complexity index is 455. The number of H-pyrrole nitrogens is 1. The molecule has 2 aromatic heterocycles. The van der Waals surface area contributed by atoms with Crippen molar-refractivity contribution in [1.82, 2.24) is 15.0 Å². The van der Waals surface area contributed by atoms with Crippen LogP contribution in [0.4, 0.5) is 0 Å². The van der Waals surface area contributed by atoms with Gasteiger partial charge in [-0.05, 0) is 18.9 Å². The van der Waals surface area contributed by atoms with E-state index in [0.29, 0.717) is 5.92 Å². The molecule has 1 N–H and O–H groups in total. The molecular formula is C12H15N3. The lowest BCUT2D eigenvalue weighted by molar-refractivity contribution is 0.438. The van der Waals surface area contributed by atoms with Crippen LogP contribution < -0.4 is 0 Å². The van der Waals surface area contributed by atoms with E-state index in [0.717, 1.165) is 5.65 Å². The summed E-state index contributed by atoms with van der Waals surface area (Å²) >= 11 is 0. The maximum Gasteiger partial charge on any atom is 0.140 e. The third-order valence-electron chi connectivity index (χ3n) is 3.38. The van der Waals surface area contributed by atoms with Gasteiger partial charge < -0.3 is 4.98 Å². The molecule has 78 valence electrons. The average Bonchev–Trinajstić information content (AvgIpc) is 2.78. The Morgan fingerprint density at radius 3 is 2.87 bits per heavy atom. The van der Waals surface area contributed by atoms with Gasteiger partial charge in [0.25, 0.3) is 0 Å². The van der Waals surface area contributed by atoms with Crippen LogP contribution in [0.3, 0.4) is 0 Å². The van der Waals surface area contributed by atoms with E-state index >= 15 is 0 Å². The first-order valence-electron chi connectivity index (χ1n) is 5.73. The van der Waals surface area contributed by atoms with Crippen LogP contribution in [0, 0.1) is 0 Å². The normalized spacial score (nSPS) is 18.4. The zero-order chi connectivity index (χ0) is 10.1. The number of rotatable bonds is 1. The van der Waals surface area contributed by atoms with Gasteiger partial charge in [-0.15, -0.1) is 0 Å². The van der Waals surface area contributed by atoms with Crippen molar-refractivity contribution in [3.63, 3.8) is 0 Å². The third-order valence-corrected chi connectivity index (χ3v) is 3.38. The van der Waals surface area contributed by atoms with E-state index < -0.39 is 0 Å². The minimum absolute atomic E-state index is 0.653. The third kappa shape index (κ3) is 1.52. The Kier molecular flexibility index (Phi) is 2.16. The van der Waals surface area contributed by atoms with Crippen molar-refractivity contribution in [1.29, 1.82) is 0 Å². The first kappa shape index (κ1) is 8.89. The summed E-state index contributed by atoms with van der Waals surface area (Å²) in [5.74, 6) is 0.653. The second kappa shape index (κ2) is 3.65. The van der Waals surface area contributed by atoms with Gasteiger partial charge in [0.15, 0.2) is 0 Å². The molecule has 1 aliphatic rings. The van der Waals surface area contributed by atoms with E-state index in [1.54, 1.807) is 6.33 Å². The molecule has 0 spiro atoms. The summed E-state index contributed by atoms with van der Waals surface area (Å²) in [5, 5.41) is 1.21. The number of hydrogen-bond acceptors (Lipinski definition) is 2. The van der Waals surface area contributed by atoms with Crippen molar-refractivity contribution in [2.75, 3.05) is 0 Å². The molecule has 0 aliphatic heterocycles. The molecule has 0 aromatic carbocycles. The van der Waals surface area contributed by atoms with Gasteiger partial charge in [-0.3, -0.25) is 0 Å². The molecule has 0 bridgehead atoms. The topological polar surface area (TPSA) is 41.6 Å². The molecule has 0 amide bonds. The second-order valence-corrected chi connectivity index (χ2v) is 4.33. The standard InChI is InChI=1S/C12H15N3/c1-2-4-9(5-3-1)11-10-6-7-13-12(10)15-8-14-11/h6-9H,1-5H2,(H,13,14,15). The van der Waals surface area contributed by atoms with E-state index in [2.05, 4.69) is 21.0 Å². The highest BCUT2D eigenvalue weighted by Gasteiger charge is 2.19. The first-order valence-corrected chi connectivity index (χ1v) is 5.73. The largest absolute Gasteiger partial charge is 0.346 e. The van der Waals surface area contributed by atoms with Gasteiger partial charge in [0.2, 0.25) is 0 Å². The van der Waals surface area contributed by atoms with Crippen LogP contribution in [0.15, 0.2) is 18.6 Å². The molecule has 1 fully saturated rings. The van der Waals surface area contributed by atoms with E-state index in [-0.39, 0.29) is 0 Å². The van der Waals surface area contributed by atoms with E-state index in [1.807, 2.05) is 6.20 Å². The maximum atomic E-state index is 4.47. The summed E-state index contributed by atoms with van der Waals surface area (Å²) in [7, 11) is 0. The van der Waals surface area contributed by atoms with Crippen molar-refractivity contribution in [3.05, 3.63) is 24.3 Å². The van der Waals surface area contributed by atoms with Gasteiger partial charge in [0.05, 0.1) is 5.69 Å². The predicted molar refractivity (Wildman–Crippen MR) is 59.7 cm³/mol. The molecule has 0 saturated heterocycles. The van der Waals surface area contributed by atoms with Crippen LogP contribution >= 0.6 is 0 Å². The Morgan fingerprint density at radius 1 is 1.13 bits per heavy atom. The number of fused-ring (bicyclic) bond motifs is 1. The average molecular weight is 201 g/mol. The highest BCUT2D eigenvalue weighted by Crippen LogP contribution is 2.34. The zero-order valence-corrected chi connectivity index (χ0v) is 8.74. The lowest BCUT2D eigenvalue weighted by Gasteiger charge is -2.21. The number of hydrogen-bond donors (Lipinski definition) is 1. The van der Waals surface area contributed by atoms with Crippen LogP contribution in [0.5, 0.6) is 0 Å². The highest BCUT2D eigenvalue weighted by atomic mass is 14.9. The molecule has 0 radical (unpaired) electrons. The molecule has 15 heavy (non-hydrogen) atoms. The van der Waals surface area contributed by atoms with Crippen molar-refractivity contribution in [2.24, 2.45) is 0 Å². The molecule has 1 saturated carbocycles. The molecule has 0 atom stereocenters. The molecule has 2 aromatic rings. The summed E-state index contributed by atoms with van der Waals surface area (Å²) in [6, 6.07) is 2.10. The summed E-state index contributed by atoms with van der Waals surface area (Å²) in [4.78, 5) is 11.8. The maximum absolute atomic E-state index is 4.47. The van der Waals surface area contributed by atoms with E-state index in [9.17, 15) is 0 Å². The minimum atomic E-state index is 0.653. The van der Waals surface area contributed by atoms with Crippen LogP contribution in [-0.4, -0.2) is 15.0 Å². The molecule has 3 rings (SSSR count). The second-order valence-electron chi connectivity index (χ2n) is 4.33. The van der Waals surface area contributed by atoms with Crippen molar-refractivity contribution >= 4 is 11.0 Å². The van der Waals surface area contributed by atoms with Gasteiger partial charge >= 0.3 is 0 Å². The Hall–Kier alpha value is -1.38. The molecule has 0 unspecified atom stereocenters. The fourth-order valence-electron chi connectivity index (χ4n) is 2.59. The van der Waals surface area contributed by atoms with E-state index in [4.69, 9.17) is 0 Å². The molecule has 3 heteroatoms.